The Balaban J connectivity index is 0.00000420. The number of carboxylic acids is 1. The van der Waals surface area contributed by atoms with Crippen LogP contribution in [0.15, 0.2) is 54.2 Å². The van der Waals surface area contributed by atoms with Crippen molar-refractivity contribution < 1.29 is 43.4 Å². The fraction of sp³-hybridized carbons (Fsp3) is 0.433. The largest absolute Gasteiger partial charge is 1.00 e. The molecular formula is C30H35LiN2O5S. The predicted molar refractivity (Wildman–Crippen MR) is 146 cm³/mol. The van der Waals surface area contributed by atoms with E-state index in [2.05, 4.69) is 10.3 Å². The van der Waals surface area contributed by atoms with E-state index in [4.69, 9.17) is 4.74 Å². The van der Waals surface area contributed by atoms with Gasteiger partial charge in [0.2, 0.25) is 0 Å². The molecule has 1 aliphatic rings. The van der Waals surface area contributed by atoms with Crippen molar-refractivity contribution in [1.82, 2.24) is 10.3 Å². The number of aliphatic hydroxyl groups is 1. The standard InChI is InChI=1S/C30H36N2O5S.Li/c1-20-7-5-6-10-23(20)26-15-21(11-12-25(26)29(34)32-27(17-33)30(35)36)18-37-14-13-24(28-16-31-19-38-28)22-8-3-2-4-9-22;/h5-7,10-12,15-16,19,22,24,27,33H,2-4,8-9,13-14,17-18H2,1H3,(H,32,34)(H,35,36);/q;+1/p-1/t24?,27-;/m0./s1. The summed E-state index contributed by atoms with van der Waals surface area (Å²) in [6.07, 6.45) is 9.40. The number of carboxylic acid groups (broad SMARTS) is 1. The predicted octanol–water partition coefficient (Wildman–Crippen LogP) is 1.23. The number of hydrogen-bond donors (Lipinski definition) is 2. The van der Waals surface area contributed by atoms with Gasteiger partial charge in [0.25, 0.3) is 5.91 Å². The molecule has 1 fully saturated rings. The van der Waals surface area contributed by atoms with Gasteiger partial charge in [0.1, 0.15) is 0 Å². The van der Waals surface area contributed by atoms with Gasteiger partial charge in [-0.05, 0) is 72.4 Å². The monoisotopic (exact) mass is 542 g/mol. The molecule has 1 saturated carbocycles. The molecule has 0 bridgehead atoms. The van der Waals surface area contributed by atoms with E-state index in [1.54, 1.807) is 17.4 Å². The minimum Gasteiger partial charge on any atom is -0.548 e. The van der Waals surface area contributed by atoms with Crippen LogP contribution in [-0.4, -0.2) is 41.2 Å². The molecule has 2 atom stereocenters. The Morgan fingerprint density at radius 3 is 2.59 bits per heavy atom. The van der Waals surface area contributed by atoms with Crippen molar-refractivity contribution in [2.45, 2.75) is 64.0 Å². The number of nitrogens with zero attached hydrogens (tertiary/aromatic N) is 1. The number of carbonyl (C=O) groups excluding carboxylic acids is 2. The van der Waals surface area contributed by atoms with Crippen LogP contribution in [0.2, 0.25) is 0 Å². The van der Waals surface area contributed by atoms with E-state index in [0.717, 1.165) is 23.1 Å². The number of aliphatic carboxylic acids is 1. The molecule has 9 heteroatoms. The minimum absolute atomic E-state index is 0. The average Bonchev–Trinajstić information content (AvgIpc) is 3.47. The smallest absolute Gasteiger partial charge is 0.548 e. The first kappa shape index (κ1) is 31.1. The van der Waals surface area contributed by atoms with Crippen molar-refractivity contribution in [1.29, 1.82) is 0 Å². The molecular weight excluding hydrogens is 507 g/mol. The van der Waals surface area contributed by atoms with Crippen molar-refractivity contribution in [2.24, 2.45) is 5.92 Å². The Bertz CT molecular complexity index is 1210. The molecule has 0 aliphatic heterocycles. The zero-order valence-corrected chi connectivity index (χ0v) is 23.5. The van der Waals surface area contributed by atoms with Crippen LogP contribution in [0.25, 0.3) is 11.1 Å². The number of aryl methyl sites for hydroxylation is 1. The number of thiazole rings is 1. The van der Waals surface area contributed by atoms with Crippen molar-refractivity contribution in [3.05, 3.63) is 75.7 Å². The number of ether oxygens (including phenoxy) is 1. The third-order valence-electron chi connectivity index (χ3n) is 7.41. The van der Waals surface area contributed by atoms with Gasteiger partial charge >= 0.3 is 18.9 Å². The maximum absolute atomic E-state index is 13.0. The molecule has 4 rings (SSSR count). The maximum atomic E-state index is 13.0. The van der Waals surface area contributed by atoms with Gasteiger partial charge in [0.15, 0.2) is 0 Å². The van der Waals surface area contributed by atoms with Gasteiger partial charge in [-0.1, -0.05) is 49.6 Å². The molecule has 2 N–H and O–H groups in total. The van der Waals surface area contributed by atoms with Gasteiger partial charge in [0.05, 0.1) is 30.7 Å². The summed E-state index contributed by atoms with van der Waals surface area (Å²) in [6.45, 7) is 2.25. The first-order valence-electron chi connectivity index (χ1n) is 13.3. The average molecular weight is 543 g/mol. The zero-order valence-electron chi connectivity index (χ0n) is 22.7. The molecule has 1 amide bonds. The number of carbonyl (C=O) groups is 2. The van der Waals surface area contributed by atoms with E-state index in [0.29, 0.717) is 36.2 Å². The Kier molecular flexibility index (Phi) is 12.2. The molecule has 39 heavy (non-hydrogen) atoms. The topological polar surface area (TPSA) is 112 Å². The number of amides is 1. The second-order valence-electron chi connectivity index (χ2n) is 9.97. The third-order valence-corrected chi connectivity index (χ3v) is 8.32. The fourth-order valence-electron chi connectivity index (χ4n) is 5.35. The summed E-state index contributed by atoms with van der Waals surface area (Å²) >= 11 is 1.73. The van der Waals surface area contributed by atoms with E-state index in [9.17, 15) is 19.8 Å². The molecule has 2 aromatic carbocycles. The molecule has 1 aromatic heterocycles. The Morgan fingerprint density at radius 2 is 1.92 bits per heavy atom. The van der Waals surface area contributed by atoms with Crippen LogP contribution in [0, 0.1) is 12.8 Å². The molecule has 3 aromatic rings. The van der Waals surface area contributed by atoms with Gasteiger partial charge in [-0.3, -0.25) is 9.78 Å². The van der Waals surface area contributed by atoms with Gasteiger partial charge in [-0.15, -0.1) is 11.3 Å². The summed E-state index contributed by atoms with van der Waals surface area (Å²) in [5, 5.41) is 22.9. The molecule has 1 unspecified atom stereocenters. The first-order valence-corrected chi connectivity index (χ1v) is 14.1. The summed E-state index contributed by atoms with van der Waals surface area (Å²) in [7, 11) is 0. The number of benzene rings is 2. The SMILES string of the molecule is Cc1ccccc1-c1cc(COCCC(c2cncs2)C2CCCCC2)ccc1C(=O)N[C@@H](CO)C(=O)[O-].[Li+]. The molecule has 0 spiro atoms. The van der Waals surface area contributed by atoms with Crippen LogP contribution in [0.3, 0.4) is 0 Å². The van der Waals surface area contributed by atoms with E-state index in [-0.39, 0.29) is 18.9 Å². The minimum atomic E-state index is -1.53. The molecule has 202 valence electrons. The molecule has 0 radical (unpaired) electrons. The number of aromatic nitrogens is 1. The Labute approximate surface area is 246 Å². The molecule has 0 saturated heterocycles. The quantitative estimate of drug-likeness (QED) is 0.263. The van der Waals surface area contributed by atoms with Gasteiger partial charge < -0.3 is 25.1 Å². The number of hydrogen-bond acceptors (Lipinski definition) is 7. The summed E-state index contributed by atoms with van der Waals surface area (Å²) < 4.78 is 6.14. The van der Waals surface area contributed by atoms with Crippen molar-refractivity contribution >= 4 is 23.2 Å². The molecule has 1 aliphatic carbocycles. The fourth-order valence-corrected chi connectivity index (χ4v) is 6.20. The van der Waals surface area contributed by atoms with Crippen LogP contribution in [0.5, 0.6) is 0 Å². The normalized spacial score (nSPS) is 15.2. The van der Waals surface area contributed by atoms with Gasteiger partial charge in [-0.25, -0.2) is 0 Å². The van der Waals surface area contributed by atoms with E-state index < -0.39 is 24.5 Å². The van der Waals surface area contributed by atoms with Crippen molar-refractivity contribution in [3.63, 3.8) is 0 Å². The Morgan fingerprint density at radius 1 is 1.15 bits per heavy atom. The van der Waals surface area contributed by atoms with Crippen LogP contribution in [0.1, 0.15) is 70.8 Å². The van der Waals surface area contributed by atoms with Crippen LogP contribution < -0.4 is 29.3 Å². The summed E-state index contributed by atoms with van der Waals surface area (Å²) in [5.74, 6) is -0.964. The second-order valence-corrected chi connectivity index (χ2v) is 10.9. The number of rotatable bonds is 12. The summed E-state index contributed by atoms with van der Waals surface area (Å²) in [6, 6.07) is 11.7. The molecule has 1 heterocycles. The van der Waals surface area contributed by atoms with Crippen LogP contribution in [0.4, 0.5) is 0 Å². The third kappa shape index (κ3) is 8.26. The van der Waals surface area contributed by atoms with E-state index in [1.807, 2.05) is 55.0 Å². The van der Waals surface area contributed by atoms with Crippen LogP contribution >= 0.6 is 11.3 Å². The van der Waals surface area contributed by atoms with E-state index >= 15 is 0 Å². The number of aliphatic hydroxyl groups excluding tert-OH is 1. The van der Waals surface area contributed by atoms with Crippen molar-refractivity contribution in [3.8, 4) is 11.1 Å². The van der Waals surface area contributed by atoms with Crippen LogP contribution in [-0.2, 0) is 16.1 Å². The first-order chi connectivity index (χ1) is 18.5. The number of nitrogens with one attached hydrogen (secondary N) is 1. The van der Waals surface area contributed by atoms with Crippen molar-refractivity contribution in [2.75, 3.05) is 13.2 Å². The summed E-state index contributed by atoms with van der Waals surface area (Å²) in [4.78, 5) is 29.9. The molecule has 7 nitrogen and oxygen atoms in total. The van der Waals surface area contributed by atoms with Gasteiger partial charge in [-0.2, -0.15) is 0 Å². The second kappa shape index (κ2) is 15.4. The zero-order chi connectivity index (χ0) is 26.9. The van der Waals surface area contributed by atoms with E-state index in [1.165, 1.54) is 37.0 Å². The summed E-state index contributed by atoms with van der Waals surface area (Å²) in [5.41, 5.74) is 5.69. The maximum Gasteiger partial charge on any atom is 1.00 e. The van der Waals surface area contributed by atoms with Gasteiger partial charge in [0, 0.05) is 23.2 Å². The Hall–Kier alpha value is -2.47.